The van der Waals surface area contributed by atoms with Crippen molar-refractivity contribution in [1.29, 1.82) is 0 Å². The monoisotopic (exact) mass is 309 g/mol. The summed E-state index contributed by atoms with van der Waals surface area (Å²) in [4.78, 5) is 10.5. The number of rotatable bonds is 5. The first-order chi connectivity index (χ1) is 9.91. The molecule has 2 aromatic carbocycles. The van der Waals surface area contributed by atoms with Crippen LogP contribution in [-0.4, -0.2) is 26.0 Å². The number of sulfone groups is 1. The number of carbonyl (C=O) groups is 1. The summed E-state index contributed by atoms with van der Waals surface area (Å²) in [5, 5.41) is 11.2. The SMILES string of the molecule is O=C(O)CNc1ccccc1S(=O)(=O)c1ccc(F)cc1. The zero-order chi connectivity index (χ0) is 15.5. The molecule has 0 spiro atoms. The van der Waals surface area contributed by atoms with Gasteiger partial charge < -0.3 is 10.4 Å². The van der Waals surface area contributed by atoms with E-state index >= 15 is 0 Å². The molecule has 0 radical (unpaired) electrons. The van der Waals surface area contributed by atoms with Gasteiger partial charge in [0.2, 0.25) is 9.84 Å². The highest BCUT2D eigenvalue weighted by atomic mass is 32.2. The minimum absolute atomic E-state index is 0.0575. The van der Waals surface area contributed by atoms with Crippen LogP contribution in [0.4, 0.5) is 10.1 Å². The lowest BCUT2D eigenvalue weighted by Crippen LogP contribution is -2.15. The predicted octanol–water partition coefficient (Wildman–Crippen LogP) is 2.16. The molecule has 0 fully saturated rings. The standard InChI is InChI=1S/C14H12FNO4S/c15-10-5-7-11(8-6-10)21(19,20)13-4-2-1-3-12(13)16-9-14(17)18/h1-8,16H,9H2,(H,17,18). The van der Waals surface area contributed by atoms with Gasteiger partial charge in [0.1, 0.15) is 12.4 Å². The minimum Gasteiger partial charge on any atom is -0.480 e. The van der Waals surface area contributed by atoms with Gasteiger partial charge in [0.15, 0.2) is 0 Å². The average molecular weight is 309 g/mol. The molecule has 0 bridgehead atoms. The highest BCUT2D eigenvalue weighted by molar-refractivity contribution is 7.91. The maximum absolute atomic E-state index is 12.9. The molecule has 5 nitrogen and oxygen atoms in total. The molecular formula is C14H12FNO4S. The van der Waals surface area contributed by atoms with Gasteiger partial charge in [0.25, 0.3) is 0 Å². The van der Waals surface area contributed by atoms with E-state index < -0.39 is 28.2 Å². The quantitative estimate of drug-likeness (QED) is 0.827. The fourth-order valence-electron chi connectivity index (χ4n) is 1.76. The smallest absolute Gasteiger partial charge is 0.322 e. The van der Waals surface area contributed by atoms with Crippen LogP contribution in [0.15, 0.2) is 58.3 Å². The fourth-order valence-corrected chi connectivity index (χ4v) is 3.19. The Morgan fingerprint density at radius 1 is 1.10 bits per heavy atom. The van der Waals surface area contributed by atoms with Crippen molar-refractivity contribution in [3.63, 3.8) is 0 Å². The molecule has 0 amide bonds. The van der Waals surface area contributed by atoms with Crippen molar-refractivity contribution in [1.82, 2.24) is 0 Å². The molecule has 2 N–H and O–H groups in total. The van der Waals surface area contributed by atoms with Crippen molar-refractivity contribution in [2.45, 2.75) is 9.79 Å². The summed E-state index contributed by atoms with van der Waals surface area (Å²) in [6, 6.07) is 10.4. The molecule has 2 rings (SSSR count). The third-order valence-corrected chi connectivity index (χ3v) is 4.56. The molecule has 0 saturated carbocycles. The van der Waals surface area contributed by atoms with Crippen molar-refractivity contribution in [3.8, 4) is 0 Å². The average Bonchev–Trinajstić information content (AvgIpc) is 2.46. The van der Waals surface area contributed by atoms with Gasteiger partial charge in [0, 0.05) is 0 Å². The van der Waals surface area contributed by atoms with Gasteiger partial charge in [-0.25, -0.2) is 12.8 Å². The molecule has 0 aromatic heterocycles. The molecule has 0 unspecified atom stereocenters. The molecule has 0 aliphatic heterocycles. The Bertz CT molecular complexity index is 757. The first kappa shape index (κ1) is 15.0. The Balaban J connectivity index is 2.45. The summed E-state index contributed by atoms with van der Waals surface area (Å²) in [5.41, 5.74) is 0.184. The van der Waals surface area contributed by atoms with Gasteiger partial charge in [-0.15, -0.1) is 0 Å². The zero-order valence-corrected chi connectivity index (χ0v) is 11.6. The van der Waals surface area contributed by atoms with Crippen LogP contribution < -0.4 is 5.32 Å². The van der Waals surface area contributed by atoms with E-state index in [9.17, 15) is 17.6 Å². The summed E-state index contributed by atoms with van der Waals surface area (Å²) in [7, 11) is -3.86. The summed E-state index contributed by atoms with van der Waals surface area (Å²) >= 11 is 0. The molecule has 21 heavy (non-hydrogen) atoms. The second-order valence-corrected chi connectivity index (χ2v) is 6.12. The van der Waals surface area contributed by atoms with Crippen molar-refractivity contribution in [2.24, 2.45) is 0 Å². The van der Waals surface area contributed by atoms with Gasteiger partial charge in [-0.3, -0.25) is 4.79 Å². The number of halogens is 1. The Hall–Kier alpha value is -2.41. The predicted molar refractivity (Wildman–Crippen MR) is 74.4 cm³/mol. The van der Waals surface area contributed by atoms with Crippen LogP contribution >= 0.6 is 0 Å². The van der Waals surface area contributed by atoms with Crippen LogP contribution in [0.5, 0.6) is 0 Å². The number of hydrogen-bond acceptors (Lipinski definition) is 4. The lowest BCUT2D eigenvalue weighted by molar-refractivity contribution is -0.134. The normalized spacial score (nSPS) is 11.1. The van der Waals surface area contributed by atoms with Crippen molar-refractivity contribution >= 4 is 21.5 Å². The van der Waals surface area contributed by atoms with Crippen LogP contribution in [0.1, 0.15) is 0 Å². The third-order valence-electron chi connectivity index (χ3n) is 2.73. The van der Waals surface area contributed by atoms with Crippen LogP contribution in [0.25, 0.3) is 0 Å². The van der Waals surface area contributed by atoms with E-state index in [1.54, 1.807) is 6.07 Å². The van der Waals surface area contributed by atoms with Crippen LogP contribution in [0, 0.1) is 5.82 Å². The molecule has 2 aromatic rings. The second-order valence-electron chi connectivity index (χ2n) is 4.20. The van der Waals surface area contributed by atoms with Gasteiger partial charge >= 0.3 is 5.97 Å². The maximum Gasteiger partial charge on any atom is 0.322 e. The Morgan fingerprint density at radius 2 is 1.71 bits per heavy atom. The van der Waals surface area contributed by atoms with Gasteiger partial charge in [-0.05, 0) is 36.4 Å². The topological polar surface area (TPSA) is 83.5 Å². The second kappa shape index (κ2) is 5.92. The molecule has 0 atom stereocenters. The lowest BCUT2D eigenvalue weighted by atomic mass is 10.3. The first-order valence-electron chi connectivity index (χ1n) is 5.96. The number of aliphatic carboxylic acids is 1. The molecular weight excluding hydrogens is 297 g/mol. The molecule has 0 aliphatic rings. The largest absolute Gasteiger partial charge is 0.480 e. The number of benzene rings is 2. The Kier molecular flexibility index (Phi) is 4.23. The highest BCUT2D eigenvalue weighted by Crippen LogP contribution is 2.27. The van der Waals surface area contributed by atoms with E-state index in [2.05, 4.69) is 5.32 Å². The van der Waals surface area contributed by atoms with Crippen LogP contribution in [0.3, 0.4) is 0 Å². The lowest BCUT2D eigenvalue weighted by Gasteiger charge is -2.11. The zero-order valence-electron chi connectivity index (χ0n) is 10.8. The molecule has 0 saturated heterocycles. The van der Waals surface area contributed by atoms with Crippen molar-refractivity contribution < 1.29 is 22.7 Å². The number of para-hydroxylation sites is 1. The Labute approximate surface area is 121 Å². The van der Waals surface area contributed by atoms with E-state index in [1.165, 1.54) is 30.3 Å². The number of anilines is 1. The molecule has 0 heterocycles. The van der Waals surface area contributed by atoms with Gasteiger partial charge in [0.05, 0.1) is 15.5 Å². The molecule has 0 aliphatic carbocycles. The number of nitrogens with one attached hydrogen (secondary N) is 1. The fraction of sp³-hybridized carbons (Fsp3) is 0.0714. The summed E-state index contributed by atoms with van der Waals surface area (Å²) in [6.07, 6.45) is 0. The molecule has 110 valence electrons. The highest BCUT2D eigenvalue weighted by Gasteiger charge is 2.21. The van der Waals surface area contributed by atoms with Gasteiger partial charge in [-0.1, -0.05) is 12.1 Å². The molecule has 7 heteroatoms. The first-order valence-corrected chi connectivity index (χ1v) is 7.45. The Morgan fingerprint density at radius 3 is 2.33 bits per heavy atom. The summed E-state index contributed by atoms with van der Waals surface area (Å²) in [6.45, 7) is -0.407. The van der Waals surface area contributed by atoms with Gasteiger partial charge in [-0.2, -0.15) is 0 Å². The maximum atomic E-state index is 12.9. The van der Waals surface area contributed by atoms with E-state index in [0.29, 0.717) is 0 Å². The number of hydrogen-bond donors (Lipinski definition) is 2. The van der Waals surface area contributed by atoms with E-state index in [4.69, 9.17) is 5.11 Å². The van der Waals surface area contributed by atoms with Crippen LogP contribution in [-0.2, 0) is 14.6 Å². The van der Waals surface area contributed by atoms with E-state index in [0.717, 1.165) is 12.1 Å². The van der Waals surface area contributed by atoms with Crippen molar-refractivity contribution in [2.75, 3.05) is 11.9 Å². The number of carboxylic acids is 1. The van der Waals surface area contributed by atoms with E-state index in [-0.39, 0.29) is 15.5 Å². The van der Waals surface area contributed by atoms with E-state index in [1.807, 2.05) is 0 Å². The van der Waals surface area contributed by atoms with Crippen LogP contribution in [0.2, 0.25) is 0 Å². The third kappa shape index (κ3) is 3.38. The summed E-state index contributed by atoms with van der Waals surface area (Å²) < 4.78 is 37.9. The number of carboxylic acid groups (broad SMARTS) is 1. The summed E-state index contributed by atoms with van der Waals surface area (Å²) in [5.74, 6) is -1.64. The van der Waals surface area contributed by atoms with Crippen molar-refractivity contribution in [3.05, 3.63) is 54.3 Å². The minimum atomic E-state index is -3.86.